The Morgan fingerprint density at radius 2 is 2.20 bits per heavy atom. The van der Waals surface area contributed by atoms with E-state index in [2.05, 4.69) is 24.3 Å². The van der Waals surface area contributed by atoms with Gasteiger partial charge in [0.1, 0.15) is 0 Å². The average Bonchev–Trinajstić information content (AvgIpc) is 2.98. The van der Waals surface area contributed by atoms with Crippen LogP contribution in [0.4, 0.5) is 13.2 Å². The van der Waals surface area contributed by atoms with Crippen LogP contribution in [0.5, 0.6) is 0 Å². The van der Waals surface area contributed by atoms with Gasteiger partial charge in [0.15, 0.2) is 4.34 Å². The van der Waals surface area contributed by atoms with E-state index >= 15 is 0 Å². The zero-order valence-corrected chi connectivity index (χ0v) is 11.3. The van der Waals surface area contributed by atoms with Crippen molar-refractivity contribution < 1.29 is 27.1 Å². The smallest absolute Gasteiger partial charge is 0.452 e. The minimum atomic E-state index is -4.61. The van der Waals surface area contributed by atoms with E-state index in [1.165, 1.54) is 0 Å². The number of hydrogen-bond acceptors (Lipinski definition) is 9. The molecule has 0 fully saturated rings. The van der Waals surface area contributed by atoms with E-state index in [-0.39, 0.29) is 22.1 Å². The van der Waals surface area contributed by atoms with Crippen molar-refractivity contribution >= 4 is 29.3 Å². The van der Waals surface area contributed by atoms with Crippen LogP contribution in [-0.4, -0.2) is 32.1 Å². The molecule has 2 aromatic heterocycles. The quantitative estimate of drug-likeness (QED) is 0.790. The molecule has 0 bridgehead atoms. The molecule has 0 unspecified atom stereocenters. The highest BCUT2D eigenvalue weighted by molar-refractivity contribution is 8.00. The number of ether oxygens (including phenoxy) is 1. The van der Waals surface area contributed by atoms with Crippen LogP contribution >= 0.6 is 23.3 Å². The Bertz CT molecular complexity index is 612. The molecule has 0 aliphatic rings. The van der Waals surface area contributed by atoms with Crippen molar-refractivity contribution in [2.75, 3.05) is 6.61 Å². The highest BCUT2D eigenvalue weighted by atomic mass is 32.2. The van der Waals surface area contributed by atoms with Gasteiger partial charge in [0, 0.05) is 11.8 Å². The van der Waals surface area contributed by atoms with E-state index in [1.54, 1.807) is 6.92 Å². The van der Waals surface area contributed by atoms with E-state index < -0.39 is 18.0 Å². The largest absolute Gasteiger partial charge is 0.459 e. The highest BCUT2D eigenvalue weighted by Gasteiger charge is 2.36. The summed E-state index contributed by atoms with van der Waals surface area (Å²) < 4.78 is 49.6. The van der Waals surface area contributed by atoms with Gasteiger partial charge in [-0.05, 0) is 18.5 Å². The average molecular weight is 326 g/mol. The summed E-state index contributed by atoms with van der Waals surface area (Å²) in [5.74, 6) is -2.43. The van der Waals surface area contributed by atoms with Crippen LogP contribution in [0.3, 0.4) is 0 Å². The van der Waals surface area contributed by atoms with E-state index in [0.717, 1.165) is 0 Å². The summed E-state index contributed by atoms with van der Waals surface area (Å²) in [4.78, 5) is 14.5. The molecule has 0 saturated carbocycles. The Morgan fingerprint density at radius 3 is 2.80 bits per heavy atom. The normalized spacial score (nSPS) is 11.6. The van der Waals surface area contributed by atoms with E-state index in [9.17, 15) is 18.0 Å². The number of esters is 1. The second kappa shape index (κ2) is 5.75. The van der Waals surface area contributed by atoms with Gasteiger partial charge in [-0.25, -0.2) is 9.78 Å². The Morgan fingerprint density at radius 1 is 1.45 bits per heavy atom. The molecule has 108 valence electrons. The van der Waals surface area contributed by atoms with Gasteiger partial charge in [-0.2, -0.15) is 17.5 Å². The first kappa shape index (κ1) is 14.7. The molecule has 7 nitrogen and oxygen atoms in total. The molecule has 0 radical (unpaired) electrons. The van der Waals surface area contributed by atoms with Crippen LogP contribution < -0.4 is 0 Å². The molecule has 12 heteroatoms. The van der Waals surface area contributed by atoms with Crippen LogP contribution in [0.2, 0.25) is 0 Å². The predicted molar refractivity (Wildman–Crippen MR) is 59.3 cm³/mol. The molecule has 0 N–H and O–H groups in total. The van der Waals surface area contributed by atoms with Crippen LogP contribution in [0.15, 0.2) is 14.0 Å². The van der Waals surface area contributed by atoms with Gasteiger partial charge in [0.2, 0.25) is 5.82 Å². The number of aromatic nitrogens is 4. The first-order chi connectivity index (χ1) is 9.40. The Kier molecular flexibility index (Phi) is 4.23. The van der Waals surface area contributed by atoms with Gasteiger partial charge in [0.25, 0.3) is 5.22 Å². The Labute approximate surface area is 117 Å². The molecule has 20 heavy (non-hydrogen) atoms. The van der Waals surface area contributed by atoms with Crippen molar-refractivity contribution in [2.45, 2.75) is 22.7 Å². The summed E-state index contributed by atoms with van der Waals surface area (Å²) in [7, 11) is 0. The maximum absolute atomic E-state index is 12.3. The summed E-state index contributed by atoms with van der Waals surface area (Å²) in [5, 5.41) is 6.77. The third-order valence-corrected chi connectivity index (χ3v) is 3.28. The second-order valence-electron chi connectivity index (χ2n) is 3.08. The highest BCUT2D eigenvalue weighted by Crippen LogP contribution is 2.33. The van der Waals surface area contributed by atoms with Gasteiger partial charge in [-0.1, -0.05) is 5.10 Å². The SMILES string of the molecule is CCOC(=O)c1nnc(Sc2nc(C(F)(F)F)ns2)o1. The summed E-state index contributed by atoms with van der Waals surface area (Å²) in [6, 6.07) is 0. The monoisotopic (exact) mass is 326 g/mol. The lowest BCUT2D eigenvalue weighted by atomic mass is 10.6. The minimum absolute atomic E-state index is 0.0311. The number of carbonyl (C=O) groups excluding carboxylic acids is 1. The molecule has 0 amide bonds. The fourth-order valence-corrected chi connectivity index (χ4v) is 2.36. The molecule has 0 aromatic carbocycles. The summed E-state index contributed by atoms with van der Waals surface area (Å²) in [6.45, 7) is 1.73. The lowest BCUT2D eigenvalue weighted by Gasteiger charge is -1.97. The number of hydrogen-bond donors (Lipinski definition) is 0. The predicted octanol–water partition coefficient (Wildman–Crippen LogP) is 2.27. The molecule has 0 atom stereocenters. The summed E-state index contributed by atoms with van der Waals surface area (Å²) in [5.41, 5.74) is 0. The van der Waals surface area contributed by atoms with Crippen molar-refractivity contribution in [1.29, 1.82) is 0 Å². The maximum Gasteiger partial charge on any atom is 0.452 e. The zero-order chi connectivity index (χ0) is 14.8. The number of rotatable bonds is 4. The van der Waals surface area contributed by atoms with E-state index in [4.69, 9.17) is 4.42 Å². The van der Waals surface area contributed by atoms with Crippen molar-refractivity contribution in [2.24, 2.45) is 0 Å². The zero-order valence-electron chi connectivity index (χ0n) is 9.67. The van der Waals surface area contributed by atoms with Gasteiger partial charge in [0.05, 0.1) is 6.61 Å². The molecule has 0 aliphatic carbocycles. The number of carbonyl (C=O) groups is 1. The van der Waals surface area contributed by atoms with Gasteiger partial charge in [-0.15, -0.1) is 5.10 Å². The van der Waals surface area contributed by atoms with E-state index in [0.29, 0.717) is 23.3 Å². The van der Waals surface area contributed by atoms with Crippen LogP contribution in [-0.2, 0) is 10.9 Å². The third-order valence-electron chi connectivity index (χ3n) is 1.69. The fourth-order valence-electron chi connectivity index (χ4n) is 0.967. The molecule has 0 saturated heterocycles. The Hall–Kier alpha value is -1.69. The minimum Gasteiger partial charge on any atom is -0.459 e. The number of nitrogens with zero attached hydrogens (tertiary/aromatic N) is 4. The van der Waals surface area contributed by atoms with E-state index in [1.807, 2.05) is 0 Å². The Balaban J connectivity index is 2.07. The molecule has 0 aliphatic heterocycles. The second-order valence-corrected chi connectivity index (χ2v) is 5.03. The van der Waals surface area contributed by atoms with Crippen LogP contribution in [0, 0.1) is 0 Å². The fraction of sp³-hybridized carbons (Fsp3) is 0.375. The van der Waals surface area contributed by atoms with Crippen LogP contribution in [0.25, 0.3) is 0 Å². The molecule has 2 aromatic rings. The lowest BCUT2D eigenvalue weighted by Crippen LogP contribution is -2.06. The molecule has 0 spiro atoms. The first-order valence-corrected chi connectivity index (χ1v) is 6.58. The summed E-state index contributed by atoms with van der Waals surface area (Å²) in [6.07, 6.45) is -4.61. The number of halogens is 3. The van der Waals surface area contributed by atoms with Crippen molar-refractivity contribution in [3.05, 3.63) is 11.7 Å². The number of alkyl halides is 3. The van der Waals surface area contributed by atoms with Gasteiger partial charge in [-0.3, -0.25) is 0 Å². The summed E-state index contributed by atoms with van der Waals surface area (Å²) >= 11 is 1.21. The van der Waals surface area contributed by atoms with Crippen molar-refractivity contribution in [3.8, 4) is 0 Å². The van der Waals surface area contributed by atoms with Gasteiger partial charge < -0.3 is 9.15 Å². The first-order valence-electron chi connectivity index (χ1n) is 4.99. The van der Waals surface area contributed by atoms with Crippen molar-refractivity contribution in [1.82, 2.24) is 19.6 Å². The molecule has 2 heterocycles. The molecular formula is C8H5F3N4O3S2. The lowest BCUT2D eigenvalue weighted by molar-refractivity contribution is -0.144. The molecular weight excluding hydrogens is 321 g/mol. The third kappa shape index (κ3) is 3.45. The maximum atomic E-state index is 12.3. The van der Waals surface area contributed by atoms with Crippen molar-refractivity contribution in [3.63, 3.8) is 0 Å². The standard InChI is InChI=1S/C8H5F3N4O3S2/c1-2-17-4(16)3-13-14-6(18-3)19-7-12-5(15-20-7)8(9,10)11/h2H2,1H3. The van der Waals surface area contributed by atoms with Gasteiger partial charge >= 0.3 is 18.0 Å². The van der Waals surface area contributed by atoms with Crippen LogP contribution in [0.1, 0.15) is 23.4 Å². The topological polar surface area (TPSA) is 91.0 Å². The molecule has 2 rings (SSSR count).